The highest BCUT2D eigenvalue weighted by Gasteiger charge is 2.32. The number of carbonyl (C=O) groups excluding carboxylic acids is 2. The molecule has 3 aromatic rings. The van der Waals surface area contributed by atoms with Gasteiger partial charge in [0, 0.05) is 11.3 Å². The summed E-state index contributed by atoms with van der Waals surface area (Å²) in [6, 6.07) is 19.9. The highest BCUT2D eigenvalue weighted by atomic mass is 79.9. The Balaban J connectivity index is 1.41. The number of esters is 1. The second kappa shape index (κ2) is 15.9. The Morgan fingerprint density at radius 3 is 2.50 bits per heavy atom. The first-order chi connectivity index (χ1) is 21.3. The van der Waals surface area contributed by atoms with Crippen LogP contribution in [0.4, 0.5) is 0 Å². The summed E-state index contributed by atoms with van der Waals surface area (Å²) >= 11 is 8.88. The first-order valence-corrected chi connectivity index (χ1v) is 15.1. The average Bonchev–Trinajstić information content (AvgIpc) is 3.00. The SMILES string of the molecule is CCOC(=O)C1=C(C)NC(=S)N[C@@H]1c1ccccc1OCC(=O)NN=Cc1cc(Br)c(OCc2ccccc2)c(OCC)c1. The molecule has 1 aliphatic rings. The van der Waals surface area contributed by atoms with Crippen molar-refractivity contribution in [3.05, 3.63) is 99.2 Å². The van der Waals surface area contributed by atoms with Gasteiger partial charge in [-0.2, -0.15) is 5.10 Å². The van der Waals surface area contributed by atoms with E-state index in [2.05, 4.69) is 37.1 Å². The van der Waals surface area contributed by atoms with Crippen LogP contribution in [0.3, 0.4) is 0 Å². The fourth-order valence-electron chi connectivity index (χ4n) is 4.41. The maximum Gasteiger partial charge on any atom is 0.338 e. The summed E-state index contributed by atoms with van der Waals surface area (Å²) in [6.07, 6.45) is 1.50. The lowest BCUT2D eigenvalue weighted by Crippen LogP contribution is -2.45. The molecule has 0 unspecified atom stereocenters. The van der Waals surface area contributed by atoms with Gasteiger partial charge in [0.15, 0.2) is 23.2 Å². The van der Waals surface area contributed by atoms with E-state index < -0.39 is 17.9 Å². The third kappa shape index (κ3) is 8.57. The Morgan fingerprint density at radius 1 is 1.00 bits per heavy atom. The van der Waals surface area contributed by atoms with Gasteiger partial charge >= 0.3 is 5.97 Å². The molecular formula is C32H33BrN4O6S. The minimum absolute atomic E-state index is 0.224. The van der Waals surface area contributed by atoms with Crippen molar-refractivity contribution in [1.29, 1.82) is 0 Å². The molecule has 1 aliphatic heterocycles. The number of halogens is 1. The summed E-state index contributed by atoms with van der Waals surface area (Å²) < 4.78 is 23.6. The molecule has 0 aliphatic carbocycles. The molecule has 3 N–H and O–H groups in total. The van der Waals surface area contributed by atoms with Gasteiger partial charge < -0.3 is 29.6 Å². The highest BCUT2D eigenvalue weighted by Crippen LogP contribution is 2.37. The second-order valence-electron chi connectivity index (χ2n) is 9.45. The van der Waals surface area contributed by atoms with Crippen LogP contribution in [-0.4, -0.2) is 43.0 Å². The molecule has 0 fully saturated rings. The Kier molecular flexibility index (Phi) is 11.7. The number of nitrogens with zero attached hydrogens (tertiary/aromatic N) is 1. The smallest absolute Gasteiger partial charge is 0.338 e. The normalized spacial score (nSPS) is 14.5. The Labute approximate surface area is 269 Å². The standard InChI is InChI=1S/C32H33BrN4O6S/c1-4-40-26-16-22(15-24(33)30(26)43-18-21-11-7-6-8-12-21)17-34-37-27(38)19-42-25-14-10-9-13-23(25)29-28(31(39)41-5-2)20(3)35-32(44)36-29/h6-17,29H,4-5,18-19H2,1-3H3,(H,37,38)(H2,35,36,44)/t29-/m1/s1. The van der Waals surface area contributed by atoms with Crippen molar-refractivity contribution in [2.45, 2.75) is 33.4 Å². The maximum absolute atomic E-state index is 12.8. The van der Waals surface area contributed by atoms with Gasteiger partial charge in [-0.25, -0.2) is 10.2 Å². The predicted octanol–water partition coefficient (Wildman–Crippen LogP) is 5.31. The lowest BCUT2D eigenvalue weighted by molar-refractivity contribution is -0.139. The number of para-hydroxylation sites is 1. The van der Waals surface area contributed by atoms with Crippen LogP contribution < -0.4 is 30.3 Å². The average molecular weight is 682 g/mol. The quantitative estimate of drug-likeness (QED) is 0.0955. The first-order valence-electron chi connectivity index (χ1n) is 13.9. The number of rotatable bonds is 13. The topological polar surface area (TPSA) is 120 Å². The third-order valence-electron chi connectivity index (χ3n) is 6.31. The summed E-state index contributed by atoms with van der Waals surface area (Å²) in [5.41, 5.74) is 5.76. The van der Waals surface area contributed by atoms with Crippen LogP contribution in [0.1, 0.15) is 43.5 Å². The third-order valence-corrected chi connectivity index (χ3v) is 7.12. The zero-order valence-corrected chi connectivity index (χ0v) is 26.9. The molecule has 0 saturated carbocycles. The van der Waals surface area contributed by atoms with Gasteiger partial charge in [0.05, 0.1) is 35.5 Å². The number of nitrogens with one attached hydrogen (secondary N) is 3. The van der Waals surface area contributed by atoms with Crippen molar-refractivity contribution in [3.8, 4) is 17.2 Å². The van der Waals surface area contributed by atoms with Crippen molar-refractivity contribution < 1.29 is 28.5 Å². The number of benzene rings is 3. The number of amides is 1. The van der Waals surface area contributed by atoms with Gasteiger partial charge in [-0.05, 0) is 78.2 Å². The molecule has 1 atom stereocenters. The summed E-state index contributed by atoms with van der Waals surface area (Å²) in [7, 11) is 0. The van der Waals surface area contributed by atoms with Gasteiger partial charge in [0.25, 0.3) is 5.91 Å². The van der Waals surface area contributed by atoms with E-state index in [1.807, 2.05) is 49.4 Å². The molecule has 3 aromatic carbocycles. The van der Waals surface area contributed by atoms with Crippen LogP contribution in [0.15, 0.2) is 87.6 Å². The number of thiocarbonyl (C=S) groups is 1. The van der Waals surface area contributed by atoms with Crippen LogP contribution >= 0.6 is 28.1 Å². The van der Waals surface area contributed by atoms with Crippen LogP contribution in [0.5, 0.6) is 17.2 Å². The van der Waals surface area contributed by atoms with Gasteiger partial charge in [-0.1, -0.05) is 48.5 Å². The number of allylic oxidation sites excluding steroid dienone is 1. The highest BCUT2D eigenvalue weighted by molar-refractivity contribution is 9.10. The molecule has 0 spiro atoms. The summed E-state index contributed by atoms with van der Waals surface area (Å²) in [4.78, 5) is 25.4. The Bertz CT molecular complexity index is 1560. The number of hydrogen-bond acceptors (Lipinski definition) is 8. The molecule has 1 heterocycles. The van der Waals surface area contributed by atoms with Crippen LogP contribution in [0.2, 0.25) is 0 Å². The monoisotopic (exact) mass is 680 g/mol. The zero-order valence-electron chi connectivity index (χ0n) is 24.5. The fourth-order valence-corrected chi connectivity index (χ4v) is 5.25. The molecule has 1 amide bonds. The second-order valence-corrected chi connectivity index (χ2v) is 10.7. The van der Waals surface area contributed by atoms with E-state index in [1.54, 1.807) is 38.1 Å². The van der Waals surface area contributed by atoms with Gasteiger partial charge in [-0.3, -0.25) is 4.79 Å². The summed E-state index contributed by atoms with van der Waals surface area (Å²) in [5.74, 6) is 0.565. The minimum atomic E-state index is -0.627. The van der Waals surface area contributed by atoms with E-state index in [0.29, 0.717) is 62.4 Å². The first kappa shape index (κ1) is 32.5. The molecule has 0 aromatic heterocycles. The van der Waals surface area contributed by atoms with Crippen LogP contribution in [0.25, 0.3) is 0 Å². The van der Waals surface area contributed by atoms with E-state index in [-0.39, 0.29) is 13.2 Å². The number of hydrazone groups is 1. The van der Waals surface area contributed by atoms with E-state index in [4.69, 9.17) is 31.2 Å². The minimum Gasteiger partial charge on any atom is -0.490 e. The largest absolute Gasteiger partial charge is 0.490 e. The van der Waals surface area contributed by atoms with Gasteiger partial charge in [-0.15, -0.1) is 0 Å². The summed E-state index contributed by atoms with van der Waals surface area (Å²) in [6.45, 7) is 6.11. The maximum atomic E-state index is 12.8. The molecule has 4 rings (SSSR count). The van der Waals surface area contributed by atoms with Gasteiger partial charge in [0.1, 0.15) is 12.4 Å². The van der Waals surface area contributed by atoms with Gasteiger partial charge in [0.2, 0.25) is 0 Å². The molecular weight excluding hydrogens is 648 g/mol. The molecule has 0 bridgehead atoms. The van der Waals surface area contributed by atoms with Crippen molar-refractivity contribution in [2.75, 3.05) is 19.8 Å². The van der Waals surface area contributed by atoms with Crippen LogP contribution in [0, 0.1) is 0 Å². The Hall–Kier alpha value is -4.42. The predicted molar refractivity (Wildman–Crippen MR) is 175 cm³/mol. The summed E-state index contributed by atoms with van der Waals surface area (Å²) in [5, 5.41) is 10.5. The van der Waals surface area contributed by atoms with Crippen LogP contribution in [-0.2, 0) is 20.9 Å². The molecule has 0 radical (unpaired) electrons. The zero-order chi connectivity index (χ0) is 31.5. The lowest BCUT2D eigenvalue weighted by atomic mass is 9.95. The molecule has 44 heavy (non-hydrogen) atoms. The Morgan fingerprint density at radius 2 is 1.75 bits per heavy atom. The lowest BCUT2D eigenvalue weighted by Gasteiger charge is -2.30. The molecule has 230 valence electrons. The van der Waals surface area contributed by atoms with E-state index >= 15 is 0 Å². The number of ether oxygens (including phenoxy) is 4. The van der Waals surface area contributed by atoms with E-state index in [0.717, 1.165) is 5.56 Å². The van der Waals surface area contributed by atoms with Crippen molar-refractivity contribution in [2.24, 2.45) is 5.10 Å². The number of carbonyl (C=O) groups is 2. The van der Waals surface area contributed by atoms with Crippen molar-refractivity contribution in [1.82, 2.24) is 16.1 Å². The van der Waals surface area contributed by atoms with Crippen molar-refractivity contribution >= 4 is 51.4 Å². The van der Waals surface area contributed by atoms with Crippen molar-refractivity contribution in [3.63, 3.8) is 0 Å². The van der Waals surface area contributed by atoms with E-state index in [9.17, 15) is 9.59 Å². The molecule has 10 nitrogen and oxygen atoms in total. The molecule has 0 saturated heterocycles. The fraction of sp³-hybridized carbons (Fsp3) is 0.250. The molecule has 12 heteroatoms. The number of hydrogen-bond donors (Lipinski definition) is 3. The van der Waals surface area contributed by atoms with E-state index in [1.165, 1.54) is 6.21 Å².